The summed E-state index contributed by atoms with van der Waals surface area (Å²) in [6, 6.07) is 0.779. The van der Waals surface area contributed by atoms with E-state index in [4.69, 9.17) is 0 Å². The van der Waals surface area contributed by atoms with Crippen LogP contribution >= 0.6 is 0 Å². The fourth-order valence-corrected chi connectivity index (χ4v) is 2.95. The molecule has 1 unspecified atom stereocenters. The van der Waals surface area contributed by atoms with E-state index in [9.17, 15) is 9.90 Å². The predicted octanol–water partition coefficient (Wildman–Crippen LogP) is 3.26. The highest BCUT2D eigenvalue weighted by Crippen LogP contribution is 2.28. The van der Waals surface area contributed by atoms with Crippen LogP contribution in [-0.2, 0) is 4.79 Å². The average Bonchev–Trinajstić information content (AvgIpc) is 3.30. The molecule has 4 nitrogen and oxygen atoms in total. The summed E-state index contributed by atoms with van der Waals surface area (Å²) >= 11 is 0. The lowest BCUT2D eigenvalue weighted by Gasteiger charge is -2.31. The molecule has 0 aliphatic heterocycles. The number of hydrogen-bond donors (Lipinski definition) is 2. The Balaban J connectivity index is 2.45. The lowest BCUT2D eigenvalue weighted by atomic mass is 9.90. The van der Waals surface area contributed by atoms with Gasteiger partial charge in [-0.15, -0.1) is 0 Å². The molecule has 1 aliphatic carbocycles. The summed E-state index contributed by atoms with van der Waals surface area (Å²) in [4.78, 5) is 14.3. The molecule has 21 heavy (non-hydrogen) atoms. The Labute approximate surface area is 130 Å². The number of nitrogens with zero attached hydrogens (tertiary/aromatic N) is 1. The van der Waals surface area contributed by atoms with Gasteiger partial charge in [-0.3, -0.25) is 4.79 Å². The molecule has 0 saturated heterocycles. The maximum Gasteiger partial charge on any atom is 0.323 e. The van der Waals surface area contributed by atoms with E-state index in [1.165, 1.54) is 32.2 Å². The van der Waals surface area contributed by atoms with E-state index in [2.05, 4.69) is 24.1 Å². The average molecular weight is 298 g/mol. The van der Waals surface area contributed by atoms with Crippen LogP contribution in [0.5, 0.6) is 0 Å². The number of carbonyl (C=O) groups is 1. The zero-order chi connectivity index (χ0) is 15.7. The molecular weight excluding hydrogens is 264 g/mol. The SMILES string of the molecule is CCCCN(CCCC(CC)(NCCC)C(=O)O)C1CC1. The largest absolute Gasteiger partial charge is 0.480 e. The van der Waals surface area contributed by atoms with E-state index in [1.807, 2.05) is 6.92 Å². The normalized spacial score (nSPS) is 17.9. The molecule has 1 rings (SSSR count). The number of hydrogen-bond acceptors (Lipinski definition) is 3. The third-order valence-electron chi connectivity index (χ3n) is 4.64. The molecule has 1 aliphatic rings. The fraction of sp³-hybridized carbons (Fsp3) is 0.941. The zero-order valence-electron chi connectivity index (χ0n) is 14.2. The first-order valence-corrected chi connectivity index (χ1v) is 8.82. The first-order chi connectivity index (χ1) is 10.1. The number of unbranched alkanes of at least 4 members (excludes halogenated alkanes) is 1. The van der Waals surface area contributed by atoms with Gasteiger partial charge in [0.2, 0.25) is 0 Å². The number of carboxylic acid groups (broad SMARTS) is 1. The van der Waals surface area contributed by atoms with Crippen LogP contribution in [0.1, 0.15) is 72.1 Å². The Morgan fingerprint density at radius 3 is 2.33 bits per heavy atom. The van der Waals surface area contributed by atoms with Gasteiger partial charge in [-0.2, -0.15) is 0 Å². The van der Waals surface area contributed by atoms with E-state index in [0.717, 1.165) is 38.4 Å². The molecule has 1 saturated carbocycles. The van der Waals surface area contributed by atoms with Crippen LogP contribution in [-0.4, -0.2) is 47.2 Å². The Morgan fingerprint density at radius 2 is 1.86 bits per heavy atom. The van der Waals surface area contributed by atoms with E-state index in [-0.39, 0.29) is 0 Å². The van der Waals surface area contributed by atoms with Crippen molar-refractivity contribution in [1.82, 2.24) is 10.2 Å². The van der Waals surface area contributed by atoms with Crippen molar-refractivity contribution < 1.29 is 9.90 Å². The minimum Gasteiger partial charge on any atom is -0.480 e. The number of aliphatic carboxylic acids is 1. The van der Waals surface area contributed by atoms with Gasteiger partial charge in [0.05, 0.1) is 0 Å². The second kappa shape index (κ2) is 9.42. The van der Waals surface area contributed by atoms with Crippen molar-refractivity contribution in [3.05, 3.63) is 0 Å². The molecule has 4 heteroatoms. The zero-order valence-corrected chi connectivity index (χ0v) is 14.2. The summed E-state index contributed by atoms with van der Waals surface area (Å²) in [5.41, 5.74) is -0.726. The summed E-state index contributed by atoms with van der Waals surface area (Å²) in [6.45, 7) is 9.29. The van der Waals surface area contributed by atoms with Crippen molar-refractivity contribution in [2.24, 2.45) is 0 Å². The molecule has 0 aromatic heterocycles. The molecule has 0 amide bonds. The van der Waals surface area contributed by atoms with Crippen LogP contribution in [0.25, 0.3) is 0 Å². The van der Waals surface area contributed by atoms with E-state index >= 15 is 0 Å². The number of carboxylic acids is 1. The Hall–Kier alpha value is -0.610. The highest BCUT2D eigenvalue weighted by atomic mass is 16.4. The molecule has 2 N–H and O–H groups in total. The Bertz CT molecular complexity index is 305. The van der Waals surface area contributed by atoms with Gasteiger partial charge in [-0.1, -0.05) is 27.2 Å². The highest BCUT2D eigenvalue weighted by Gasteiger charge is 2.36. The molecule has 0 heterocycles. The predicted molar refractivity (Wildman–Crippen MR) is 87.7 cm³/mol. The molecular formula is C17H34N2O2. The molecule has 0 aromatic rings. The smallest absolute Gasteiger partial charge is 0.323 e. The summed E-state index contributed by atoms with van der Waals surface area (Å²) in [6.07, 6.45) is 8.47. The molecule has 0 bridgehead atoms. The molecule has 124 valence electrons. The second-order valence-corrected chi connectivity index (χ2v) is 6.39. The van der Waals surface area contributed by atoms with Crippen molar-refractivity contribution in [3.8, 4) is 0 Å². The molecule has 0 spiro atoms. The molecule has 0 aromatic carbocycles. The standard InChI is InChI=1S/C17H34N2O2/c1-4-7-13-19(15-9-10-15)14-8-11-17(6-3,16(20)21)18-12-5-2/h15,18H,4-14H2,1-3H3,(H,20,21). The monoisotopic (exact) mass is 298 g/mol. The summed E-state index contributed by atoms with van der Waals surface area (Å²) < 4.78 is 0. The lowest BCUT2D eigenvalue weighted by molar-refractivity contribution is -0.145. The minimum absolute atomic E-state index is 0.653. The maximum atomic E-state index is 11.7. The molecule has 0 radical (unpaired) electrons. The fourth-order valence-electron chi connectivity index (χ4n) is 2.95. The first kappa shape index (κ1) is 18.4. The van der Waals surface area contributed by atoms with Crippen LogP contribution in [0.15, 0.2) is 0 Å². The maximum absolute atomic E-state index is 11.7. The van der Waals surface area contributed by atoms with Crippen molar-refractivity contribution >= 4 is 5.97 Å². The van der Waals surface area contributed by atoms with E-state index in [1.54, 1.807) is 0 Å². The third-order valence-corrected chi connectivity index (χ3v) is 4.64. The van der Waals surface area contributed by atoms with Crippen molar-refractivity contribution in [3.63, 3.8) is 0 Å². The molecule has 1 fully saturated rings. The van der Waals surface area contributed by atoms with Gasteiger partial charge < -0.3 is 15.3 Å². The van der Waals surface area contributed by atoms with Gasteiger partial charge in [0, 0.05) is 6.04 Å². The van der Waals surface area contributed by atoms with Crippen molar-refractivity contribution in [1.29, 1.82) is 0 Å². The van der Waals surface area contributed by atoms with Crippen LogP contribution in [0.4, 0.5) is 0 Å². The first-order valence-electron chi connectivity index (χ1n) is 8.82. The third kappa shape index (κ3) is 5.95. The summed E-state index contributed by atoms with van der Waals surface area (Å²) in [5.74, 6) is -0.690. The minimum atomic E-state index is -0.726. The number of nitrogens with one attached hydrogen (secondary N) is 1. The quantitative estimate of drug-likeness (QED) is 0.548. The van der Waals surface area contributed by atoms with Crippen LogP contribution in [0.2, 0.25) is 0 Å². The van der Waals surface area contributed by atoms with Crippen LogP contribution in [0, 0.1) is 0 Å². The second-order valence-electron chi connectivity index (χ2n) is 6.39. The topological polar surface area (TPSA) is 52.6 Å². The van der Waals surface area contributed by atoms with Crippen molar-refractivity contribution in [2.75, 3.05) is 19.6 Å². The lowest BCUT2D eigenvalue weighted by Crippen LogP contribution is -2.52. The van der Waals surface area contributed by atoms with Gasteiger partial charge in [-0.05, 0) is 64.6 Å². The van der Waals surface area contributed by atoms with Gasteiger partial charge in [0.1, 0.15) is 5.54 Å². The molecule has 1 atom stereocenters. The van der Waals surface area contributed by atoms with Gasteiger partial charge in [-0.25, -0.2) is 0 Å². The summed E-state index contributed by atoms with van der Waals surface area (Å²) in [7, 11) is 0. The summed E-state index contributed by atoms with van der Waals surface area (Å²) in [5, 5.41) is 12.9. The van der Waals surface area contributed by atoms with Gasteiger partial charge in [0.15, 0.2) is 0 Å². The van der Waals surface area contributed by atoms with Gasteiger partial charge >= 0.3 is 5.97 Å². The van der Waals surface area contributed by atoms with E-state index < -0.39 is 11.5 Å². The van der Waals surface area contributed by atoms with Crippen LogP contribution in [0.3, 0.4) is 0 Å². The van der Waals surface area contributed by atoms with Crippen LogP contribution < -0.4 is 5.32 Å². The van der Waals surface area contributed by atoms with Crippen molar-refractivity contribution in [2.45, 2.75) is 83.7 Å². The van der Waals surface area contributed by atoms with E-state index in [0.29, 0.717) is 6.42 Å². The Kier molecular flexibility index (Phi) is 8.27. The highest BCUT2D eigenvalue weighted by molar-refractivity contribution is 5.78. The Morgan fingerprint density at radius 1 is 1.19 bits per heavy atom. The number of rotatable bonds is 13. The van der Waals surface area contributed by atoms with Gasteiger partial charge in [0.25, 0.3) is 0 Å².